The normalized spacial score (nSPS) is 13.1. The Morgan fingerprint density at radius 2 is 2.00 bits per heavy atom. The van der Waals surface area contributed by atoms with Gasteiger partial charge >= 0.3 is 0 Å². The predicted molar refractivity (Wildman–Crippen MR) is 81.5 cm³/mol. The van der Waals surface area contributed by atoms with Crippen LogP contribution in [0.25, 0.3) is 10.2 Å². The molecule has 18 heavy (non-hydrogen) atoms. The molecule has 2 rings (SSSR count). The highest BCUT2D eigenvalue weighted by Gasteiger charge is 2.15. The van der Waals surface area contributed by atoms with Crippen molar-refractivity contribution >= 4 is 21.6 Å². The first kappa shape index (κ1) is 13.5. The topological polar surface area (TPSA) is 12.9 Å². The van der Waals surface area contributed by atoms with E-state index in [1.165, 1.54) is 53.4 Å². The molecule has 1 unspecified atom stereocenters. The van der Waals surface area contributed by atoms with Crippen LogP contribution in [0.3, 0.4) is 0 Å². The largest absolute Gasteiger partial charge is 0.244 e. The molecule has 0 aliphatic heterocycles. The van der Waals surface area contributed by atoms with E-state index in [2.05, 4.69) is 37.9 Å². The van der Waals surface area contributed by atoms with E-state index < -0.39 is 0 Å². The van der Waals surface area contributed by atoms with E-state index in [-0.39, 0.29) is 0 Å². The van der Waals surface area contributed by atoms with Gasteiger partial charge in [-0.15, -0.1) is 11.3 Å². The lowest BCUT2D eigenvalue weighted by Gasteiger charge is -2.17. The molecule has 0 radical (unpaired) electrons. The van der Waals surface area contributed by atoms with Gasteiger partial charge in [0.05, 0.1) is 15.7 Å². The zero-order valence-electron chi connectivity index (χ0n) is 11.7. The average Bonchev–Trinajstić information content (AvgIpc) is 2.85. The van der Waals surface area contributed by atoms with Crippen molar-refractivity contribution in [2.45, 2.75) is 58.8 Å². The summed E-state index contributed by atoms with van der Waals surface area (Å²) < 4.78 is 1.42. The molecule has 1 atom stereocenters. The zero-order chi connectivity index (χ0) is 13.0. The SMILES string of the molecule is CCCCC(CCC)c1ccc(C)c2ncsc12. The summed E-state index contributed by atoms with van der Waals surface area (Å²) >= 11 is 1.80. The van der Waals surface area contributed by atoms with Gasteiger partial charge in [-0.2, -0.15) is 0 Å². The Labute approximate surface area is 114 Å². The van der Waals surface area contributed by atoms with Crippen molar-refractivity contribution in [3.63, 3.8) is 0 Å². The quantitative estimate of drug-likeness (QED) is 0.652. The summed E-state index contributed by atoms with van der Waals surface area (Å²) in [7, 11) is 0. The number of fused-ring (bicyclic) bond motifs is 1. The second-order valence-corrected chi connectivity index (χ2v) is 5.98. The summed E-state index contributed by atoms with van der Waals surface area (Å²) in [6.45, 7) is 6.73. The molecular formula is C16H23NS. The number of aromatic nitrogens is 1. The monoisotopic (exact) mass is 261 g/mol. The zero-order valence-corrected chi connectivity index (χ0v) is 12.5. The lowest BCUT2D eigenvalue weighted by molar-refractivity contribution is 0.544. The molecule has 1 aromatic carbocycles. The highest BCUT2D eigenvalue weighted by atomic mass is 32.1. The molecule has 1 nitrogen and oxygen atoms in total. The number of nitrogens with zero attached hydrogens (tertiary/aromatic N) is 1. The van der Waals surface area contributed by atoms with Gasteiger partial charge < -0.3 is 0 Å². The van der Waals surface area contributed by atoms with Gasteiger partial charge in [-0.25, -0.2) is 4.98 Å². The number of aryl methyl sites for hydroxylation is 1. The van der Waals surface area contributed by atoms with Gasteiger partial charge in [-0.3, -0.25) is 0 Å². The van der Waals surface area contributed by atoms with Crippen molar-refractivity contribution < 1.29 is 0 Å². The van der Waals surface area contributed by atoms with Crippen LogP contribution in [-0.4, -0.2) is 4.98 Å². The molecule has 0 aliphatic rings. The van der Waals surface area contributed by atoms with Gasteiger partial charge in [0, 0.05) is 0 Å². The number of benzene rings is 1. The van der Waals surface area contributed by atoms with Crippen LogP contribution in [0.15, 0.2) is 17.6 Å². The Morgan fingerprint density at radius 1 is 1.17 bits per heavy atom. The summed E-state index contributed by atoms with van der Waals surface area (Å²) in [5.41, 5.74) is 6.05. The highest BCUT2D eigenvalue weighted by molar-refractivity contribution is 7.17. The van der Waals surface area contributed by atoms with Crippen molar-refractivity contribution in [3.8, 4) is 0 Å². The fourth-order valence-electron chi connectivity index (χ4n) is 2.68. The van der Waals surface area contributed by atoms with Gasteiger partial charge in [0.15, 0.2) is 0 Å². The molecule has 0 spiro atoms. The van der Waals surface area contributed by atoms with Crippen molar-refractivity contribution in [2.75, 3.05) is 0 Å². The third kappa shape index (κ3) is 2.74. The molecule has 2 aromatic rings. The lowest BCUT2D eigenvalue weighted by atomic mass is 9.89. The molecule has 0 aliphatic carbocycles. The number of hydrogen-bond donors (Lipinski definition) is 0. The van der Waals surface area contributed by atoms with Crippen molar-refractivity contribution in [2.24, 2.45) is 0 Å². The van der Waals surface area contributed by atoms with E-state index in [1.54, 1.807) is 11.3 Å². The molecule has 0 N–H and O–H groups in total. The molecule has 98 valence electrons. The fraction of sp³-hybridized carbons (Fsp3) is 0.562. The van der Waals surface area contributed by atoms with Crippen molar-refractivity contribution in [1.82, 2.24) is 4.98 Å². The standard InChI is InChI=1S/C16H23NS/c1-4-6-8-13(7-5-2)14-10-9-12(3)15-16(14)18-11-17-15/h9-11,13H,4-8H2,1-3H3. The van der Waals surface area contributed by atoms with E-state index in [4.69, 9.17) is 0 Å². The predicted octanol–water partition coefficient (Wildman–Crippen LogP) is 5.68. The Morgan fingerprint density at radius 3 is 2.72 bits per heavy atom. The number of thiazole rings is 1. The van der Waals surface area contributed by atoms with Crippen LogP contribution in [0.1, 0.15) is 63.0 Å². The molecule has 0 fully saturated rings. The minimum Gasteiger partial charge on any atom is -0.244 e. The summed E-state index contributed by atoms with van der Waals surface area (Å²) in [4.78, 5) is 4.52. The van der Waals surface area contributed by atoms with E-state index in [0.717, 1.165) is 5.92 Å². The number of rotatable bonds is 6. The average molecular weight is 261 g/mol. The van der Waals surface area contributed by atoms with E-state index in [0.29, 0.717) is 0 Å². The van der Waals surface area contributed by atoms with Crippen LogP contribution >= 0.6 is 11.3 Å². The highest BCUT2D eigenvalue weighted by Crippen LogP contribution is 2.35. The smallest absolute Gasteiger partial charge is 0.0844 e. The third-order valence-corrected chi connectivity index (χ3v) is 4.57. The van der Waals surface area contributed by atoms with Gasteiger partial charge in [0.2, 0.25) is 0 Å². The second kappa shape index (κ2) is 6.33. The van der Waals surface area contributed by atoms with Crippen LogP contribution in [0.4, 0.5) is 0 Å². The maximum absolute atomic E-state index is 4.52. The Hall–Kier alpha value is -0.890. The molecule has 2 heteroatoms. The van der Waals surface area contributed by atoms with Gasteiger partial charge in [-0.1, -0.05) is 45.2 Å². The minimum atomic E-state index is 0.721. The summed E-state index contributed by atoms with van der Waals surface area (Å²) in [5.74, 6) is 0.721. The molecule has 0 saturated carbocycles. The Kier molecular flexibility index (Phi) is 4.76. The number of hydrogen-bond acceptors (Lipinski definition) is 2. The van der Waals surface area contributed by atoms with E-state index in [9.17, 15) is 0 Å². The minimum absolute atomic E-state index is 0.721. The van der Waals surface area contributed by atoms with Gasteiger partial charge in [0.1, 0.15) is 0 Å². The van der Waals surface area contributed by atoms with Crippen LogP contribution in [0, 0.1) is 6.92 Å². The molecule has 1 heterocycles. The second-order valence-electron chi connectivity index (χ2n) is 5.13. The van der Waals surface area contributed by atoms with E-state index in [1.807, 2.05) is 5.51 Å². The molecule has 1 aromatic heterocycles. The molecule has 0 bridgehead atoms. The first-order valence-corrected chi connectivity index (χ1v) is 7.98. The Balaban J connectivity index is 2.37. The Bertz CT molecular complexity index is 501. The van der Waals surface area contributed by atoms with Gasteiger partial charge in [0.25, 0.3) is 0 Å². The van der Waals surface area contributed by atoms with Crippen LogP contribution in [-0.2, 0) is 0 Å². The van der Waals surface area contributed by atoms with Crippen LogP contribution < -0.4 is 0 Å². The third-order valence-electron chi connectivity index (χ3n) is 3.70. The molecular weight excluding hydrogens is 238 g/mol. The molecule has 0 amide bonds. The van der Waals surface area contributed by atoms with Crippen molar-refractivity contribution in [1.29, 1.82) is 0 Å². The lowest BCUT2D eigenvalue weighted by Crippen LogP contribution is -1.99. The molecule has 0 saturated heterocycles. The van der Waals surface area contributed by atoms with Crippen LogP contribution in [0.2, 0.25) is 0 Å². The van der Waals surface area contributed by atoms with Crippen molar-refractivity contribution in [3.05, 3.63) is 28.8 Å². The maximum Gasteiger partial charge on any atom is 0.0844 e. The van der Waals surface area contributed by atoms with Crippen LogP contribution in [0.5, 0.6) is 0 Å². The summed E-state index contributed by atoms with van der Waals surface area (Å²) in [6.07, 6.45) is 6.51. The fourth-order valence-corrected chi connectivity index (χ4v) is 3.64. The summed E-state index contributed by atoms with van der Waals surface area (Å²) in [5, 5.41) is 0. The first-order valence-electron chi connectivity index (χ1n) is 7.10. The number of unbranched alkanes of at least 4 members (excludes halogenated alkanes) is 1. The maximum atomic E-state index is 4.52. The van der Waals surface area contributed by atoms with E-state index >= 15 is 0 Å². The summed E-state index contributed by atoms with van der Waals surface area (Å²) in [6, 6.07) is 4.58. The van der Waals surface area contributed by atoms with Gasteiger partial charge in [-0.05, 0) is 36.8 Å². The first-order chi connectivity index (χ1) is 8.77.